The van der Waals surface area contributed by atoms with Crippen LogP contribution in [0, 0.1) is 11.8 Å². The van der Waals surface area contributed by atoms with Gasteiger partial charge in [0.25, 0.3) is 0 Å². The Hall–Kier alpha value is -2.21. The highest BCUT2D eigenvalue weighted by atomic mass is 16.5. The van der Waals surface area contributed by atoms with Crippen molar-refractivity contribution in [1.82, 2.24) is 20.3 Å². The van der Waals surface area contributed by atoms with Gasteiger partial charge in [0.15, 0.2) is 0 Å². The lowest BCUT2D eigenvalue weighted by Crippen LogP contribution is -2.44. The molecule has 2 heterocycles. The molecule has 2 aromatic rings. The first-order valence-corrected chi connectivity index (χ1v) is 8.93. The molecule has 25 heavy (non-hydrogen) atoms. The fourth-order valence-electron chi connectivity index (χ4n) is 3.29. The second kappa shape index (κ2) is 8.25. The smallest absolute Gasteiger partial charge is 0.223 e. The van der Waals surface area contributed by atoms with Gasteiger partial charge in [-0.15, -0.1) is 5.10 Å². The van der Waals surface area contributed by atoms with Gasteiger partial charge in [0.1, 0.15) is 6.73 Å². The van der Waals surface area contributed by atoms with E-state index in [9.17, 15) is 4.79 Å². The van der Waals surface area contributed by atoms with Gasteiger partial charge in [-0.25, -0.2) is 4.68 Å². The van der Waals surface area contributed by atoms with Crippen LogP contribution in [0.1, 0.15) is 31.5 Å². The van der Waals surface area contributed by atoms with E-state index in [1.165, 1.54) is 5.56 Å². The van der Waals surface area contributed by atoms with Crippen molar-refractivity contribution < 1.29 is 9.53 Å². The molecule has 0 saturated heterocycles. The average molecular weight is 342 g/mol. The number of fused-ring (bicyclic) bond motifs is 1. The van der Waals surface area contributed by atoms with E-state index >= 15 is 0 Å². The first kappa shape index (κ1) is 17.6. The highest BCUT2D eigenvalue weighted by Crippen LogP contribution is 2.19. The van der Waals surface area contributed by atoms with Crippen molar-refractivity contribution >= 4 is 5.91 Å². The topological polar surface area (TPSA) is 69.0 Å². The third-order valence-electron chi connectivity index (χ3n) is 4.75. The average Bonchev–Trinajstić information content (AvgIpc) is 3.02. The minimum Gasteiger partial charge on any atom is -0.357 e. The molecule has 0 aliphatic carbocycles. The molecule has 1 aromatic carbocycles. The van der Waals surface area contributed by atoms with Gasteiger partial charge >= 0.3 is 0 Å². The number of carbonyl (C=O) groups is 1. The standard InChI is InChI=1S/C19H26N4O2/c1-14(2)18-9-8-17-11-20-22-23(17)13-25-12-16(21-19(18)24)10-15-6-4-3-5-7-15/h3-7,11,14,16,18H,8-10,12-13H2,1-2H3,(H,21,24)/t16-,18+/m1/s1. The normalized spacial score (nSPS) is 22.1. The zero-order valence-electron chi connectivity index (χ0n) is 14.9. The van der Waals surface area contributed by atoms with Gasteiger partial charge in [0, 0.05) is 5.92 Å². The Kier molecular flexibility index (Phi) is 5.81. The number of hydrogen-bond acceptors (Lipinski definition) is 4. The van der Waals surface area contributed by atoms with E-state index in [-0.39, 0.29) is 23.8 Å². The number of carbonyl (C=O) groups excluding carboxylic acids is 1. The lowest BCUT2D eigenvalue weighted by molar-refractivity contribution is -0.127. The van der Waals surface area contributed by atoms with Gasteiger partial charge in [-0.1, -0.05) is 49.4 Å². The van der Waals surface area contributed by atoms with Crippen LogP contribution in [0.2, 0.25) is 0 Å². The molecule has 0 saturated carbocycles. The van der Waals surface area contributed by atoms with E-state index in [0.29, 0.717) is 13.3 Å². The molecule has 6 nitrogen and oxygen atoms in total. The van der Waals surface area contributed by atoms with Crippen molar-refractivity contribution in [3.63, 3.8) is 0 Å². The number of benzene rings is 1. The molecule has 3 rings (SSSR count). The number of aromatic nitrogens is 3. The van der Waals surface area contributed by atoms with Gasteiger partial charge in [0.2, 0.25) is 5.91 Å². The zero-order chi connectivity index (χ0) is 17.6. The molecule has 1 aromatic heterocycles. The maximum atomic E-state index is 12.8. The van der Waals surface area contributed by atoms with Gasteiger partial charge in [-0.3, -0.25) is 4.79 Å². The Morgan fingerprint density at radius 3 is 2.88 bits per heavy atom. The number of hydrogen-bond donors (Lipinski definition) is 1. The van der Waals surface area contributed by atoms with E-state index < -0.39 is 0 Å². The first-order valence-electron chi connectivity index (χ1n) is 8.93. The Morgan fingerprint density at radius 2 is 2.12 bits per heavy atom. The molecule has 1 N–H and O–H groups in total. The zero-order valence-corrected chi connectivity index (χ0v) is 14.9. The van der Waals surface area contributed by atoms with Crippen LogP contribution in [0.15, 0.2) is 36.5 Å². The maximum absolute atomic E-state index is 12.8. The predicted octanol–water partition coefficient (Wildman–Crippen LogP) is 2.20. The molecule has 134 valence electrons. The highest BCUT2D eigenvalue weighted by Gasteiger charge is 2.26. The fourth-order valence-corrected chi connectivity index (χ4v) is 3.29. The number of aryl methyl sites for hydroxylation is 1. The SMILES string of the molecule is CC(C)[C@@H]1CCc2cnnn2COC[C@@H](Cc2ccccc2)NC1=O. The van der Waals surface area contributed by atoms with Crippen LogP contribution >= 0.6 is 0 Å². The number of nitrogens with zero attached hydrogens (tertiary/aromatic N) is 3. The molecule has 0 unspecified atom stereocenters. The fraction of sp³-hybridized carbons (Fsp3) is 0.526. The summed E-state index contributed by atoms with van der Waals surface area (Å²) in [7, 11) is 0. The van der Waals surface area contributed by atoms with Crippen molar-refractivity contribution in [2.45, 2.75) is 45.9 Å². The van der Waals surface area contributed by atoms with E-state index in [0.717, 1.165) is 25.0 Å². The summed E-state index contributed by atoms with van der Waals surface area (Å²) in [5.41, 5.74) is 2.20. The first-order chi connectivity index (χ1) is 12.1. The number of rotatable bonds is 3. The Morgan fingerprint density at radius 1 is 1.32 bits per heavy atom. The molecule has 2 atom stereocenters. The van der Waals surface area contributed by atoms with Crippen LogP contribution in [-0.2, 0) is 29.1 Å². The molecule has 0 radical (unpaired) electrons. The predicted molar refractivity (Wildman–Crippen MR) is 94.7 cm³/mol. The largest absolute Gasteiger partial charge is 0.357 e. The summed E-state index contributed by atoms with van der Waals surface area (Å²) in [5.74, 6) is 0.364. The van der Waals surface area contributed by atoms with Gasteiger partial charge in [-0.05, 0) is 30.7 Å². The van der Waals surface area contributed by atoms with Gasteiger partial charge < -0.3 is 10.1 Å². The molecule has 0 fully saturated rings. The minimum atomic E-state index is -0.0544. The van der Waals surface area contributed by atoms with Crippen LogP contribution in [0.25, 0.3) is 0 Å². The van der Waals surface area contributed by atoms with Crippen LogP contribution in [0.3, 0.4) is 0 Å². The van der Waals surface area contributed by atoms with E-state index in [1.807, 2.05) is 18.2 Å². The number of ether oxygens (including phenoxy) is 1. The molecule has 0 bridgehead atoms. The molecule has 1 amide bonds. The maximum Gasteiger partial charge on any atom is 0.223 e. The van der Waals surface area contributed by atoms with Gasteiger partial charge in [0.05, 0.1) is 24.5 Å². The van der Waals surface area contributed by atoms with Crippen LogP contribution in [0.4, 0.5) is 0 Å². The Bertz CT molecular complexity index is 684. The third kappa shape index (κ3) is 4.66. The number of amides is 1. The third-order valence-corrected chi connectivity index (χ3v) is 4.75. The lowest BCUT2D eigenvalue weighted by Gasteiger charge is -2.24. The number of nitrogens with one attached hydrogen (secondary N) is 1. The van der Waals surface area contributed by atoms with E-state index in [1.54, 1.807) is 10.9 Å². The molecular formula is C19H26N4O2. The van der Waals surface area contributed by atoms with Crippen molar-refractivity contribution in [2.24, 2.45) is 11.8 Å². The van der Waals surface area contributed by atoms with Crippen molar-refractivity contribution in [3.05, 3.63) is 47.8 Å². The highest BCUT2D eigenvalue weighted by molar-refractivity contribution is 5.79. The van der Waals surface area contributed by atoms with Crippen LogP contribution in [-0.4, -0.2) is 33.5 Å². The molecular weight excluding hydrogens is 316 g/mol. The summed E-state index contributed by atoms with van der Waals surface area (Å²) in [6.45, 7) is 5.01. The summed E-state index contributed by atoms with van der Waals surface area (Å²) < 4.78 is 7.61. The second-order valence-corrected chi connectivity index (χ2v) is 7.01. The molecule has 0 spiro atoms. The summed E-state index contributed by atoms with van der Waals surface area (Å²) >= 11 is 0. The molecule has 6 heteroatoms. The summed E-state index contributed by atoms with van der Waals surface area (Å²) in [4.78, 5) is 12.8. The summed E-state index contributed by atoms with van der Waals surface area (Å²) in [5, 5.41) is 11.3. The van der Waals surface area contributed by atoms with Crippen LogP contribution < -0.4 is 5.32 Å². The van der Waals surface area contributed by atoms with E-state index in [2.05, 4.69) is 41.6 Å². The molecule has 1 aliphatic heterocycles. The summed E-state index contributed by atoms with van der Waals surface area (Å²) in [6, 6.07) is 10.1. The van der Waals surface area contributed by atoms with Crippen molar-refractivity contribution in [3.8, 4) is 0 Å². The lowest BCUT2D eigenvalue weighted by atomic mass is 9.89. The Balaban J connectivity index is 1.78. The minimum absolute atomic E-state index is 0.0280. The van der Waals surface area contributed by atoms with Crippen LogP contribution in [0.5, 0.6) is 0 Å². The second-order valence-electron chi connectivity index (χ2n) is 7.01. The Labute approximate surface area is 148 Å². The van der Waals surface area contributed by atoms with Crippen molar-refractivity contribution in [2.75, 3.05) is 6.61 Å². The van der Waals surface area contributed by atoms with E-state index in [4.69, 9.17) is 4.74 Å². The quantitative estimate of drug-likeness (QED) is 0.928. The van der Waals surface area contributed by atoms with Crippen molar-refractivity contribution in [1.29, 1.82) is 0 Å². The van der Waals surface area contributed by atoms with Gasteiger partial charge in [-0.2, -0.15) is 0 Å². The monoisotopic (exact) mass is 342 g/mol. The summed E-state index contributed by atoms with van der Waals surface area (Å²) in [6.07, 6.45) is 4.07. The molecule has 1 aliphatic rings.